The monoisotopic (exact) mass is 394 g/mol. The Hall–Kier alpha value is -3.22. The van der Waals surface area contributed by atoms with Crippen molar-refractivity contribution in [1.29, 1.82) is 0 Å². The van der Waals surface area contributed by atoms with Crippen LogP contribution in [0, 0.1) is 12.7 Å². The first-order valence-electron chi connectivity index (χ1n) is 9.61. The first kappa shape index (κ1) is 19.1. The Morgan fingerprint density at radius 1 is 1.24 bits per heavy atom. The van der Waals surface area contributed by atoms with Crippen molar-refractivity contribution in [3.8, 4) is 5.88 Å². The number of carbonyl (C=O) groups excluding carboxylic acids is 1. The Bertz CT molecular complexity index is 1030. The third-order valence-corrected chi connectivity index (χ3v) is 5.19. The number of benzene rings is 1. The Morgan fingerprint density at radius 2 is 2.03 bits per heavy atom. The van der Waals surface area contributed by atoms with Crippen molar-refractivity contribution in [1.82, 2.24) is 19.7 Å². The van der Waals surface area contributed by atoms with Crippen molar-refractivity contribution >= 4 is 5.91 Å². The predicted octanol–water partition coefficient (Wildman–Crippen LogP) is 2.97. The lowest BCUT2D eigenvalue weighted by Gasteiger charge is -2.28. The molecule has 3 aromatic rings. The number of pyridine rings is 1. The van der Waals surface area contributed by atoms with Gasteiger partial charge in [0.2, 0.25) is 11.8 Å². The van der Waals surface area contributed by atoms with Crippen molar-refractivity contribution in [3.63, 3.8) is 0 Å². The molecule has 7 heteroatoms. The zero-order valence-electron chi connectivity index (χ0n) is 16.6. The van der Waals surface area contributed by atoms with Gasteiger partial charge in [-0.15, -0.1) is 0 Å². The second-order valence-electron chi connectivity index (χ2n) is 7.32. The number of hydrogen-bond donors (Lipinski definition) is 0. The third kappa shape index (κ3) is 4.29. The molecule has 1 aromatic carbocycles. The summed E-state index contributed by atoms with van der Waals surface area (Å²) in [6.45, 7) is 3.44. The van der Waals surface area contributed by atoms with Crippen LogP contribution in [-0.4, -0.2) is 32.1 Å². The first-order chi connectivity index (χ1) is 14.0. The predicted molar refractivity (Wildman–Crippen MR) is 106 cm³/mol. The maximum Gasteiger partial charge on any atom is 0.227 e. The Morgan fingerprint density at radius 3 is 2.79 bits per heavy atom. The fraction of sp³-hybridized carbons (Fsp3) is 0.318. The minimum Gasteiger partial charge on any atom is -0.471 e. The Kier molecular flexibility index (Phi) is 5.29. The molecule has 1 aliphatic rings. The average molecular weight is 394 g/mol. The summed E-state index contributed by atoms with van der Waals surface area (Å²) in [5.74, 6) is 0.287. The van der Waals surface area contributed by atoms with Gasteiger partial charge in [-0.1, -0.05) is 12.1 Å². The van der Waals surface area contributed by atoms with Gasteiger partial charge in [-0.25, -0.2) is 9.37 Å². The average Bonchev–Trinajstić information content (AvgIpc) is 3.03. The summed E-state index contributed by atoms with van der Waals surface area (Å²) < 4.78 is 20.8. The molecule has 0 spiro atoms. The number of nitrogens with zero attached hydrogens (tertiary/aromatic N) is 4. The van der Waals surface area contributed by atoms with Crippen LogP contribution >= 0.6 is 0 Å². The van der Waals surface area contributed by atoms with Gasteiger partial charge in [0.05, 0.1) is 6.42 Å². The van der Waals surface area contributed by atoms with Gasteiger partial charge in [0, 0.05) is 50.1 Å². The lowest BCUT2D eigenvalue weighted by molar-refractivity contribution is -0.131. The number of aryl methyl sites for hydroxylation is 2. The maximum absolute atomic E-state index is 13.1. The number of hydrogen-bond acceptors (Lipinski definition) is 4. The summed E-state index contributed by atoms with van der Waals surface area (Å²) >= 11 is 0. The number of fused-ring (bicyclic) bond motifs is 1. The second kappa shape index (κ2) is 8.03. The fourth-order valence-corrected chi connectivity index (χ4v) is 3.62. The summed E-state index contributed by atoms with van der Waals surface area (Å²) in [6, 6.07) is 9.87. The van der Waals surface area contributed by atoms with E-state index in [1.54, 1.807) is 18.3 Å². The molecule has 0 atom stereocenters. The summed E-state index contributed by atoms with van der Waals surface area (Å²) in [6.07, 6.45) is 2.72. The van der Waals surface area contributed by atoms with Crippen LogP contribution in [0.1, 0.15) is 28.1 Å². The highest BCUT2D eigenvalue weighted by Crippen LogP contribution is 2.24. The summed E-state index contributed by atoms with van der Waals surface area (Å²) in [7, 11) is 1.92. The van der Waals surface area contributed by atoms with Crippen LogP contribution in [0.4, 0.5) is 4.39 Å². The largest absolute Gasteiger partial charge is 0.471 e. The molecule has 0 fully saturated rings. The summed E-state index contributed by atoms with van der Waals surface area (Å²) in [5, 5.41) is 4.60. The number of amides is 1. The normalized spacial score (nSPS) is 13.3. The third-order valence-electron chi connectivity index (χ3n) is 5.19. The van der Waals surface area contributed by atoms with Gasteiger partial charge in [0.15, 0.2) is 0 Å². The molecule has 0 bridgehead atoms. The molecule has 3 heterocycles. The van der Waals surface area contributed by atoms with Crippen LogP contribution < -0.4 is 4.74 Å². The van der Waals surface area contributed by atoms with E-state index in [1.165, 1.54) is 12.1 Å². The van der Waals surface area contributed by atoms with Crippen molar-refractivity contribution in [2.75, 3.05) is 6.54 Å². The zero-order valence-corrected chi connectivity index (χ0v) is 16.6. The molecule has 0 radical (unpaired) electrons. The molecular formula is C22H23FN4O2. The van der Waals surface area contributed by atoms with Crippen molar-refractivity contribution in [2.45, 2.75) is 32.9 Å². The van der Waals surface area contributed by atoms with Gasteiger partial charge < -0.3 is 9.64 Å². The van der Waals surface area contributed by atoms with Crippen LogP contribution in [0.3, 0.4) is 0 Å². The molecule has 1 aliphatic heterocycles. The van der Waals surface area contributed by atoms with Crippen LogP contribution in [0.15, 0.2) is 42.6 Å². The topological polar surface area (TPSA) is 60.3 Å². The molecule has 1 amide bonds. The molecule has 150 valence electrons. The molecule has 0 saturated carbocycles. The first-order valence-corrected chi connectivity index (χ1v) is 9.61. The van der Waals surface area contributed by atoms with Crippen LogP contribution in [-0.2, 0) is 37.8 Å². The number of halogens is 1. The Labute approximate surface area is 168 Å². The smallest absolute Gasteiger partial charge is 0.227 e. The van der Waals surface area contributed by atoms with E-state index < -0.39 is 0 Å². The molecule has 4 rings (SSSR count). The lowest BCUT2D eigenvalue weighted by atomic mass is 10.0. The second-order valence-corrected chi connectivity index (χ2v) is 7.32. The molecule has 0 N–H and O–H groups in total. The fourth-order valence-electron chi connectivity index (χ4n) is 3.62. The van der Waals surface area contributed by atoms with Crippen molar-refractivity contribution < 1.29 is 13.9 Å². The standard InChI is InChI=1S/C22H23FN4O2/c1-15-7-9-24-21(11-15)29-14-19-18-13-27(10-8-20(18)26(2)25-19)22(28)12-16-3-5-17(23)6-4-16/h3-7,9,11H,8,10,12-14H2,1-2H3. The number of rotatable bonds is 5. The number of aromatic nitrogens is 3. The maximum atomic E-state index is 13.1. The molecule has 6 nitrogen and oxygen atoms in total. The van der Waals surface area contributed by atoms with Crippen LogP contribution in [0.25, 0.3) is 0 Å². The highest BCUT2D eigenvalue weighted by molar-refractivity contribution is 5.79. The van der Waals surface area contributed by atoms with Crippen LogP contribution in [0.5, 0.6) is 5.88 Å². The highest BCUT2D eigenvalue weighted by atomic mass is 19.1. The van der Waals surface area contributed by atoms with E-state index in [2.05, 4.69) is 10.1 Å². The van der Waals surface area contributed by atoms with Gasteiger partial charge in [0.25, 0.3) is 0 Å². The number of ether oxygens (including phenoxy) is 1. The van der Waals surface area contributed by atoms with Crippen molar-refractivity contribution in [2.24, 2.45) is 7.05 Å². The summed E-state index contributed by atoms with van der Waals surface area (Å²) in [4.78, 5) is 18.8. The minimum absolute atomic E-state index is 0.0262. The number of carbonyl (C=O) groups is 1. The van der Waals surface area contributed by atoms with E-state index in [-0.39, 0.29) is 18.1 Å². The lowest BCUT2D eigenvalue weighted by Crippen LogP contribution is -2.37. The van der Waals surface area contributed by atoms with Crippen LogP contribution in [0.2, 0.25) is 0 Å². The van der Waals surface area contributed by atoms with E-state index in [0.717, 1.165) is 34.5 Å². The van der Waals surface area contributed by atoms with Gasteiger partial charge in [-0.3, -0.25) is 9.48 Å². The van der Waals surface area contributed by atoms with Gasteiger partial charge in [-0.2, -0.15) is 5.10 Å². The molecular weight excluding hydrogens is 371 g/mol. The van der Waals surface area contributed by atoms with E-state index in [4.69, 9.17) is 4.74 Å². The summed E-state index contributed by atoms with van der Waals surface area (Å²) in [5.41, 5.74) is 4.88. The van der Waals surface area contributed by atoms with E-state index in [0.29, 0.717) is 25.6 Å². The van der Waals surface area contributed by atoms with E-state index in [9.17, 15) is 9.18 Å². The minimum atomic E-state index is -0.299. The van der Waals surface area contributed by atoms with E-state index in [1.807, 2.05) is 35.7 Å². The molecule has 0 saturated heterocycles. The van der Waals surface area contributed by atoms with Gasteiger partial charge in [-0.05, 0) is 36.2 Å². The van der Waals surface area contributed by atoms with Gasteiger partial charge >= 0.3 is 0 Å². The molecule has 0 unspecified atom stereocenters. The zero-order chi connectivity index (χ0) is 20.4. The van der Waals surface area contributed by atoms with Crippen molar-refractivity contribution in [3.05, 3.63) is 76.5 Å². The molecule has 2 aromatic heterocycles. The molecule has 0 aliphatic carbocycles. The van der Waals surface area contributed by atoms with Gasteiger partial charge in [0.1, 0.15) is 18.1 Å². The quantitative estimate of drug-likeness (QED) is 0.668. The SMILES string of the molecule is Cc1ccnc(OCc2nn(C)c3c2CN(C(=O)Cc2ccc(F)cc2)CC3)c1. The molecule has 29 heavy (non-hydrogen) atoms. The Balaban J connectivity index is 1.46. The van der Waals surface area contributed by atoms with E-state index >= 15 is 0 Å². The highest BCUT2D eigenvalue weighted by Gasteiger charge is 2.27.